The summed E-state index contributed by atoms with van der Waals surface area (Å²) in [5.74, 6) is 0.0700. The van der Waals surface area contributed by atoms with Gasteiger partial charge in [-0.1, -0.05) is 34.9 Å². The first-order valence-electron chi connectivity index (χ1n) is 7.21. The number of amides is 1. The molecule has 0 atom stereocenters. The van der Waals surface area contributed by atoms with Gasteiger partial charge in [0.2, 0.25) is 5.89 Å². The van der Waals surface area contributed by atoms with Crippen LogP contribution in [0.5, 0.6) is 0 Å². The Kier molecular flexibility index (Phi) is 3.92. The quantitative estimate of drug-likeness (QED) is 0.798. The average molecular weight is 311 g/mol. The van der Waals surface area contributed by atoms with E-state index < -0.39 is 0 Å². The third-order valence-corrected chi connectivity index (χ3v) is 3.51. The van der Waals surface area contributed by atoms with Gasteiger partial charge in [0.1, 0.15) is 0 Å². The van der Waals surface area contributed by atoms with Crippen molar-refractivity contribution in [2.24, 2.45) is 7.05 Å². The van der Waals surface area contributed by atoms with E-state index in [1.54, 1.807) is 17.8 Å². The molecule has 0 aliphatic carbocycles. The summed E-state index contributed by atoms with van der Waals surface area (Å²) in [5, 5.41) is 14.5. The van der Waals surface area contributed by atoms with Crippen molar-refractivity contribution in [3.05, 3.63) is 58.7 Å². The molecule has 0 unspecified atom stereocenters. The van der Waals surface area contributed by atoms with Crippen molar-refractivity contribution in [2.75, 3.05) is 5.32 Å². The summed E-state index contributed by atoms with van der Waals surface area (Å²) >= 11 is 0. The maximum atomic E-state index is 12.1. The average Bonchev–Trinajstić information content (AvgIpc) is 3.09. The van der Waals surface area contributed by atoms with Crippen molar-refractivity contribution < 1.29 is 9.21 Å². The number of benzene rings is 1. The molecule has 1 aromatic carbocycles. The highest BCUT2D eigenvalue weighted by molar-refractivity contribution is 6.01. The molecule has 0 spiro atoms. The van der Waals surface area contributed by atoms with E-state index in [-0.39, 0.29) is 11.9 Å². The van der Waals surface area contributed by atoms with Gasteiger partial charge in [0.25, 0.3) is 5.91 Å². The molecule has 0 fully saturated rings. The van der Waals surface area contributed by atoms with E-state index in [1.807, 2.05) is 38.1 Å². The van der Waals surface area contributed by atoms with Gasteiger partial charge in [0.15, 0.2) is 5.69 Å². The number of hydrogen-bond donors (Lipinski definition) is 1. The van der Waals surface area contributed by atoms with E-state index in [1.165, 1.54) is 5.56 Å². The van der Waals surface area contributed by atoms with Crippen LogP contribution in [0.25, 0.3) is 0 Å². The Labute approximate surface area is 133 Å². The molecule has 7 nitrogen and oxygen atoms in total. The molecular weight excluding hydrogens is 294 g/mol. The Bertz CT molecular complexity index is 813. The van der Waals surface area contributed by atoms with Crippen LogP contribution in [-0.4, -0.2) is 25.9 Å². The molecule has 0 aliphatic rings. The van der Waals surface area contributed by atoms with Crippen LogP contribution in [0.2, 0.25) is 0 Å². The zero-order valence-electron chi connectivity index (χ0n) is 13.2. The van der Waals surface area contributed by atoms with Gasteiger partial charge < -0.3 is 4.42 Å². The minimum atomic E-state index is -0.376. The molecule has 1 amide bonds. The summed E-state index contributed by atoms with van der Waals surface area (Å²) < 4.78 is 7.09. The molecule has 0 bridgehead atoms. The Morgan fingerprint density at radius 3 is 2.61 bits per heavy atom. The van der Waals surface area contributed by atoms with Crippen LogP contribution < -0.4 is 5.32 Å². The van der Waals surface area contributed by atoms with Crippen molar-refractivity contribution in [3.8, 4) is 0 Å². The molecule has 3 rings (SSSR count). The van der Waals surface area contributed by atoms with Crippen molar-refractivity contribution in [3.63, 3.8) is 0 Å². The maximum Gasteiger partial charge on any atom is 0.322 e. The monoisotopic (exact) mass is 311 g/mol. The molecule has 23 heavy (non-hydrogen) atoms. The lowest BCUT2D eigenvalue weighted by molar-refractivity contribution is 0.101. The molecule has 7 heteroatoms. The fourth-order valence-corrected chi connectivity index (χ4v) is 2.09. The smallest absolute Gasteiger partial charge is 0.322 e. The summed E-state index contributed by atoms with van der Waals surface area (Å²) in [7, 11) is 1.78. The highest BCUT2D eigenvalue weighted by Crippen LogP contribution is 2.13. The molecule has 0 saturated carbocycles. The van der Waals surface area contributed by atoms with Gasteiger partial charge in [0.05, 0.1) is 6.42 Å². The summed E-state index contributed by atoms with van der Waals surface area (Å²) in [6.07, 6.45) is 0.520. The Balaban J connectivity index is 1.67. The molecule has 2 aromatic heterocycles. The molecule has 2 heterocycles. The minimum Gasteiger partial charge on any atom is -0.407 e. The first-order chi connectivity index (χ1) is 11.0. The molecular formula is C16H17N5O2. The second kappa shape index (κ2) is 6.04. The molecule has 118 valence electrons. The van der Waals surface area contributed by atoms with Crippen LogP contribution in [0.3, 0.4) is 0 Å². The van der Waals surface area contributed by atoms with E-state index in [0.29, 0.717) is 18.0 Å². The van der Waals surface area contributed by atoms with Gasteiger partial charge in [-0.2, -0.15) is 5.10 Å². The number of nitrogens with one attached hydrogen (secondary N) is 1. The molecule has 0 radical (unpaired) electrons. The predicted octanol–water partition coefficient (Wildman–Crippen LogP) is 2.26. The molecule has 0 aliphatic heterocycles. The molecule has 3 aromatic rings. The number of hydrogen-bond acceptors (Lipinski definition) is 5. The lowest BCUT2D eigenvalue weighted by Gasteiger charge is -1.98. The van der Waals surface area contributed by atoms with Crippen molar-refractivity contribution in [2.45, 2.75) is 20.3 Å². The number of aryl methyl sites for hydroxylation is 3. The number of rotatable bonds is 4. The minimum absolute atomic E-state index is 0.0698. The maximum absolute atomic E-state index is 12.1. The summed E-state index contributed by atoms with van der Waals surface area (Å²) in [4.78, 5) is 12.1. The zero-order valence-corrected chi connectivity index (χ0v) is 13.2. The number of anilines is 1. The van der Waals surface area contributed by atoms with Crippen LogP contribution in [0.15, 0.2) is 34.7 Å². The van der Waals surface area contributed by atoms with Crippen LogP contribution in [0.4, 0.5) is 6.01 Å². The van der Waals surface area contributed by atoms with Gasteiger partial charge >= 0.3 is 6.01 Å². The number of aromatic nitrogens is 4. The normalized spacial score (nSPS) is 10.7. The standard InChI is InChI=1S/C16H17N5O2/c1-10-4-6-12(7-5-10)9-14-18-19-16(23-14)17-15(22)13-8-11(2)21(3)20-13/h4-8H,9H2,1-3H3,(H,17,19,22). The zero-order chi connectivity index (χ0) is 16.4. The summed E-state index contributed by atoms with van der Waals surface area (Å²) in [6.45, 7) is 3.90. The molecule has 1 N–H and O–H groups in total. The van der Waals surface area contributed by atoms with Crippen molar-refractivity contribution >= 4 is 11.9 Å². The van der Waals surface area contributed by atoms with Crippen LogP contribution in [0, 0.1) is 13.8 Å². The lowest BCUT2D eigenvalue weighted by atomic mass is 10.1. The van der Waals surface area contributed by atoms with E-state index in [0.717, 1.165) is 11.3 Å². The lowest BCUT2D eigenvalue weighted by Crippen LogP contribution is -2.13. The second-order valence-corrected chi connectivity index (χ2v) is 5.41. The van der Waals surface area contributed by atoms with Gasteiger partial charge in [-0.25, -0.2) is 0 Å². The van der Waals surface area contributed by atoms with Crippen LogP contribution >= 0.6 is 0 Å². The molecule has 0 saturated heterocycles. The van der Waals surface area contributed by atoms with E-state index in [2.05, 4.69) is 20.6 Å². The number of carbonyl (C=O) groups excluding carboxylic acids is 1. The topological polar surface area (TPSA) is 85.8 Å². The Morgan fingerprint density at radius 2 is 1.96 bits per heavy atom. The highest BCUT2D eigenvalue weighted by atomic mass is 16.4. The van der Waals surface area contributed by atoms with Crippen LogP contribution in [0.1, 0.15) is 33.2 Å². The Morgan fingerprint density at radius 1 is 1.22 bits per heavy atom. The first-order valence-corrected chi connectivity index (χ1v) is 7.21. The van der Waals surface area contributed by atoms with Crippen LogP contribution in [-0.2, 0) is 13.5 Å². The number of nitrogens with zero attached hydrogens (tertiary/aromatic N) is 4. The number of carbonyl (C=O) groups is 1. The van der Waals surface area contributed by atoms with Gasteiger partial charge in [-0.3, -0.25) is 14.8 Å². The largest absolute Gasteiger partial charge is 0.407 e. The van der Waals surface area contributed by atoms with Gasteiger partial charge in [-0.15, -0.1) is 5.10 Å². The third kappa shape index (κ3) is 3.45. The van der Waals surface area contributed by atoms with Crippen molar-refractivity contribution in [1.29, 1.82) is 0 Å². The predicted molar refractivity (Wildman–Crippen MR) is 84.2 cm³/mol. The summed E-state index contributed by atoms with van der Waals surface area (Å²) in [5.41, 5.74) is 3.46. The third-order valence-electron chi connectivity index (χ3n) is 3.51. The fourth-order valence-electron chi connectivity index (χ4n) is 2.09. The first kappa shape index (κ1) is 15.0. The van der Waals surface area contributed by atoms with Gasteiger partial charge in [0, 0.05) is 12.7 Å². The van der Waals surface area contributed by atoms with Gasteiger partial charge in [-0.05, 0) is 25.5 Å². The van der Waals surface area contributed by atoms with Crippen molar-refractivity contribution in [1.82, 2.24) is 20.0 Å². The Hall–Kier alpha value is -2.96. The van der Waals surface area contributed by atoms with E-state index in [9.17, 15) is 4.79 Å². The fraction of sp³-hybridized carbons (Fsp3) is 0.250. The highest BCUT2D eigenvalue weighted by Gasteiger charge is 2.15. The summed E-state index contributed by atoms with van der Waals surface area (Å²) in [6, 6.07) is 9.83. The van der Waals surface area contributed by atoms with E-state index >= 15 is 0 Å². The second-order valence-electron chi connectivity index (χ2n) is 5.41. The SMILES string of the molecule is Cc1ccc(Cc2nnc(NC(=O)c3cc(C)n(C)n3)o2)cc1. The van der Waals surface area contributed by atoms with E-state index in [4.69, 9.17) is 4.42 Å².